The van der Waals surface area contributed by atoms with E-state index in [1.165, 1.54) is 11.1 Å². The van der Waals surface area contributed by atoms with Crippen LogP contribution < -0.4 is 0 Å². The number of allylic oxidation sites excluding steroid dienone is 6. The molecule has 10 heavy (non-hydrogen) atoms. The van der Waals surface area contributed by atoms with Gasteiger partial charge in [-0.3, -0.25) is 0 Å². The smallest absolute Gasteiger partial charge is 0.0439 e. The highest BCUT2D eigenvalue weighted by Crippen LogP contribution is 1.92. The van der Waals surface area contributed by atoms with Crippen molar-refractivity contribution in [2.45, 2.75) is 27.7 Å². The van der Waals surface area contributed by atoms with Crippen LogP contribution in [0.15, 0.2) is 35.5 Å². The van der Waals surface area contributed by atoms with Gasteiger partial charge in [0.05, 0.1) is 0 Å². The van der Waals surface area contributed by atoms with E-state index in [-0.39, 0.29) is 0 Å². The molecule has 0 aliphatic carbocycles. The molecule has 0 unspecified atom stereocenters. The van der Waals surface area contributed by atoms with Crippen LogP contribution in [0.3, 0.4) is 0 Å². The minimum Gasteiger partial charge on any atom is -0.0764 e. The van der Waals surface area contributed by atoms with Crippen LogP contribution in [0.4, 0.5) is 0 Å². The highest BCUT2D eigenvalue weighted by molar-refractivity contribution is 5.16. The van der Waals surface area contributed by atoms with Crippen LogP contribution in [0, 0.1) is 0 Å². The van der Waals surface area contributed by atoms with Crippen molar-refractivity contribution >= 4 is 0 Å². The van der Waals surface area contributed by atoms with Crippen molar-refractivity contribution in [1.29, 1.82) is 0 Å². The van der Waals surface area contributed by atoms with Crippen molar-refractivity contribution < 1.29 is 0 Å². The van der Waals surface area contributed by atoms with E-state index >= 15 is 0 Å². The predicted molar refractivity (Wildman–Crippen MR) is 48.0 cm³/mol. The molecule has 0 saturated carbocycles. The van der Waals surface area contributed by atoms with E-state index in [1.54, 1.807) is 0 Å². The molecule has 0 bridgehead atoms. The second-order valence-electron chi connectivity index (χ2n) is 2.87. The first-order valence-corrected chi connectivity index (χ1v) is 3.58. The average molecular weight is 136 g/mol. The number of rotatable bonds is 2. The van der Waals surface area contributed by atoms with Gasteiger partial charge in [0, 0.05) is 0 Å². The van der Waals surface area contributed by atoms with Crippen molar-refractivity contribution in [2.75, 3.05) is 0 Å². The topological polar surface area (TPSA) is 0 Å². The molecule has 0 aromatic rings. The molecule has 0 N–H and O–H groups in total. The van der Waals surface area contributed by atoms with E-state index in [1.807, 2.05) is 0 Å². The number of hydrogen-bond donors (Lipinski definition) is 0. The van der Waals surface area contributed by atoms with E-state index in [0.717, 1.165) is 0 Å². The van der Waals surface area contributed by atoms with Crippen molar-refractivity contribution in [3.05, 3.63) is 35.5 Å². The average Bonchev–Trinajstić information content (AvgIpc) is 1.79. The SMILES string of the molecule is CC(C)=C/C=C/C=C(C)C. The second kappa shape index (κ2) is 5.04. The van der Waals surface area contributed by atoms with Gasteiger partial charge >= 0.3 is 0 Å². The molecule has 0 aliphatic heterocycles. The van der Waals surface area contributed by atoms with Gasteiger partial charge in [0.25, 0.3) is 0 Å². The molecular formula is C10H16. The van der Waals surface area contributed by atoms with Crippen molar-refractivity contribution in [2.24, 2.45) is 0 Å². The Morgan fingerprint density at radius 1 is 0.700 bits per heavy atom. The Balaban J connectivity index is 3.80. The van der Waals surface area contributed by atoms with Crippen LogP contribution in [-0.2, 0) is 0 Å². The number of hydrogen-bond acceptors (Lipinski definition) is 0. The standard InChI is InChI=1S/C10H16/c1-9(2)7-5-6-8-10(3)4/h5-8H,1-4H3/b6-5+. The Morgan fingerprint density at radius 3 is 1.20 bits per heavy atom. The zero-order valence-corrected chi connectivity index (χ0v) is 7.31. The van der Waals surface area contributed by atoms with Gasteiger partial charge in [0.2, 0.25) is 0 Å². The van der Waals surface area contributed by atoms with Crippen LogP contribution >= 0.6 is 0 Å². The molecule has 0 rings (SSSR count). The van der Waals surface area contributed by atoms with Crippen LogP contribution in [0.1, 0.15) is 27.7 Å². The van der Waals surface area contributed by atoms with E-state index in [0.29, 0.717) is 0 Å². The maximum absolute atomic E-state index is 2.10. The summed E-state index contributed by atoms with van der Waals surface area (Å²) in [4.78, 5) is 0. The lowest BCUT2D eigenvalue weighted by Gasteiger charge is -1.82. The Hall–Kier alpha value is -0.780. The molecule has 0 aromatic heterocycles. The third kappa shape index (κ3) is 7.22. The lowest BCUT2D eigenvalue weighted by atomic mass is 10.3. The normalized spacial score (nSPS) is 9.60. The van der Waals surface area contributed by atoms with Crippen LogP contribution in [-0.4, -0.2) is 0 Å². The summed E-state index contributed by atoms with van der Waals surface area (Å²) in [5, 5.41) is 0. The Labute approximate surface area is 64.0 Å². The summed E-state index contributed by atoms with van der Waals surface area (Å²) in [6.07, 6.45) is 8.31. The van der Waals surface area contributed by atoms with Crippen LogP contribution in [0.2, 0.25) is 0 Å². The summed E-state index contributed by atoms with van der Waals surface area (Å²) in [5.74, 6) is 0. The quantitative estimate of drug-likeness (QED) is 0.510. The van der Waals surface area contributed by atoms with Crippen LogP contribution in [0.5, 0.6) is 0 Å². The minimum atomic E-state index is 1.33. The van der Waals surface area contributed by atoms with Gasteiger partial charge < -0.3 is 0 Å². The Bertz CT molecular complexity index is 140. The highest BCUT2D eigenvalue weighted by atomic mass is 13.8. The van der Waals surface area contributed by atoms with Gasteiger partial charge in [0.15, 0.2) is 0 Å². The molecule has 0 radical (unpaired) electrons. The fourth-order valence-electron chi connectivity index (χ4n) is 0.496. The van der Waals surface area contributed by atoms with Gasteiger partial charge in [-0.05, 0) is 27.7 Å². The van der Waals surface area contributed by atoms with Gasteiger partial charge in [-0.1, -0.05) is 35.5 Å². The van der Waals surface area contributed by atoms with E-state index in [9.17, 15) is 0 Å². The maximum atomic E-state index is 2.10. The van der Waals surface area contributed by atoms with Gasteiger partial charge in [-0.2, -0.15) is 0 Å². The van der Waals surface area contributed by atoms with Crippen molar-refractivity contribution in [1.82, 2.24) is 0 Å². The minimum absolute atomic E-state index is 1.33. The van der Waals surface area contributed by atoms with E-state index in [2.05, 4.69) is 52.0 Å². The van der Waals surface area contributed by atoms with Gasteiger partial charge in [-0.25, -0.2) is 0 Å². The highest BCUT2D eigenvalue weighted by Gasteiger charge is 1.70. The third-order valence-electron chi connectivity index (χ3n) is 0.970. The largest absolute Gasteiger partial charge is 0.0764 e. The predicted octanol–water partition coefficient (Wildman–Crippen LogP) is 3.48. The zero-order chi connectivity index (χ0) is 7.98. The molecule has 0 saturated heterocycles. The fraction of sp³-hybridized carbons (Fsp3) is 0.400. The van der Waals surface area contributed by atoms with Gasteiger partial charge in [0.1, 0.15) is 0 Å². The monoisotopic (exact) mass is 136 g/mol. The Kier molecular flexibility index (Phi) is 4.65. The van der Waals surface area contributed by atoms with Crippen molar-refractivity contribution in [3.8, 4) is 0 Å². The summed E-state index contributed by atoms with van der Waals surface area (Å²) in [7, 11) is 0. The molecular weight excluding hydrogens is 120 g/mol. The van der Waals surface area contributed by atoms with E-state index < -0.39 is 0 Å². The molecule has 0 aliphatic rings. The summed E-state index contributed by atoms with van der Waals surface area (Å²) < 4.78 is 0. The first kappa shape index (κ1) is 9.22. The molecule has 0 heteroatoms. The maximum Gasteiger partial charge on any atom is -0.0439 e. The second-order valence-corrected chi connectivity index (χ2v) is 2.87. The first-order chi connectivity index (χ1) is 4.63. The van der Waals surface area contributed by atoms with E-state index in [4.69, 9.17) is 0 Å². The lowest BCUT2D eigenvalue weighted by molar-refractivity contribution is 1.38. The summed E-state index contributed by atoms with van der Waals surface area (Å²) >= 11 is 0. The zero-order valence-electron chi connectivity index (χ0n) is 7.31. The molecule has 0 heterocycles. The molecule has 0 atom stereocenters. The van der Waals surface area contributed by atoms with Gasteiger partial charge in [-0.15, -0.1) is 0 Å². The molecule has 0 nitrogen and oxygen atoms in total. The lowest BCUT2D eigenvalue weighted by Crippen LogP contribution is -1.60. The molecule has 0 spiro atoms. The molecule has 0 aromatic carbocycles. The summed E-state index contributed by atoms with van der Waals surface area (Å²) in [5.41, 5.74) is 2.66. The van der Waals surface area contributed by atoms with Crippen LogP contribution in [0.25, 0.3) is 0 Å². The fourth-order valence-corrected chi connectivity index (χ4v) is 0.496. The molecule has 0 fully saturated rings. The third-order valence-corrected chi connectivity index (χ3v) is 0.970. The summed E-state index contributed by atoms with van der Waals surface area (Å²) in [6, 6.07) is 0. The summed E-state index contributed by atoms with van der Waals surface area (Å²) in [6.45, 7) is 8.36. The molecule has 56 valence electrons. The Morgan fingerprint density at radius 2 is 1.00 bits per heavy atom. The molecule has 0 amide bonds. The van der Waals surface area contributed by atoms with Crippen molar-refractivity contribution in [3.63, 3.8) is 0 Å². The first-order valence-electron chi connectivity index (χ1n) is 3.58.